The lowest BCUT2D eigenvalue weighted by Crippen LogP contribution is -2.33. The molecule has 0 N–H and O–H groups in total. The summed E-state index contributed by atoms with van der Waals surface area (Å²) in [6.07, 6.45) is -3.37. The summed E-state index contributed by atoms with van der Waals surface area (Å²) >= 11 is 1.78. The molecule has 0 radical (unpaired) electrons. The average molecular weight is 379 g/mol. The fourth-order valence-corrected chi connectivity index (χ4v) is 4.22. The van der Waals surface area contributed by atoms with Crippen molar-refractivity contribution in [3.8, 4) is 5.69 Å². The number of thiophene rings is 1. The van der Waals surface area contributed by atoms with Crippen molar-refractivity contribution < 1.29 is 13.2 Å². The monoisotopic (exact) mass is 379 g/mol. The van der Waals surface area contributed by atoms with Crippen LogP contribution in [0.25, 0.3) is 5.69 Å². The molecule has 0 aliphatic carbocycles. The van der Waals surface area contributed by atoms with E-state index in [-0.39, 0.29) is 6.04 Å². The first-order valence-corrected chi connectivity index (χ1v) is 9.06. The molecule has 0 fully saturated rings. The number of halogens is 3. The van der Waals surface area contributed by atoms with Gasteiger partial charge in [-0.3, -0.25) is 4.90 Å². The summed E-state index contributed by atoms with van der Waals surface area (Å²) in [5.74, 6) is 0.607. The maximum Gasteiger partial charge on any atom is 0.416 e. The lowest BCUT2D eigenvalue weighted by molar-refractivity contribution is -0.137. The molecule has 0 saturated heterocycles. The van der Waals surface area contributed by atoms with E-state index in [4.69, 9.17) is 0 Å². The Morgan fingerprint density at radius 1 is 1.19 bits per heavy atom. The molecule has 0 unspecified atom stereocenters. The van der Waals surface area contributed by atoms with E-state index in [0.29, 0.717) is 18.1 Å². The van der Waals surface area contributed by atoms with Crippen LogP contribution >= 0.6 is 11.3 Å². The van der Waals surface area contributed by atoms with Gasteiger partial charge in [-0.15, -0.1) is 16.4 Å². The zero-order valence-electron chi connectivity index (χ0n) is 13.9. The Balaban J connectivity index is 1.56. The highest BCUT2D eigenvalue weighted by Crippen LogP contribution is 2.34. The van der Waals surface area contributed by atoms with Gasteiger partial charge in [0.05, 0.1) is 17.8 Å². The highest BCUT2D eigenvalue weighted by Gasteiger charge is 2.30. The van der Waals surface area contributed by atoms with Crippen molar-refractivity contribution in [1.29, 1.82) is 0 Å². The first-order chi connectivity index (χ1) is 12.4. The van der Waals surface area contributed by atoms with E-state index in [1.54, 1.807) is 11.3 Å². The largest absolute Gasteiger partial charge is 0.416 e. The number of alkyl halides is 3. The Bertz CT molecular complexity index is 900. The topological polar surface area (TPSA) is 46.8 Å². The van der Waals surface area contributed by atoms with Crippen LogP contribution < -0.4 is 0 Å². The molecular weight excluding hydrogens is 363 g/mol. The van der Waals surface area contributed by atoms with Crippen molar-refractivity contribution in [3.05, 3.63) is 57.5 Å². The van der Waals surface area contributed by atoms with E-state index in [0.717, 1.165) is 25.1 Å². The number of rotatable bonds is 3. The van der Waals surface area contributed by atoms with E-state index in [1.165, 1.54) is 27.3 Å². The molecule has 26 heavy (non-hydrogen) atoms. The van der Waals surface area contributed by atoms with Gasteiger partial charge in [-0.1, -0.05) is 0 Å². The molecule has 0 bridgehead atoms. The van der Waals surface area contributed by atoms with Crippen LogP contribution in [0.5, 0.6) is 0 Å². The highest BCUT2D eigenvalue weighted by atomic mass is 32.1. The summed E-state index contributed by atoms with van der Waals surface area (Å²) in [6, 6.07) is 7.26. The van der Waals surface area contributed by atoms with Crippen LogP contribution in [0, 0.1) is 0 Å². The molecule has 0 saturated carbocycles. The number of hydrogen-bond donors (Lipinski definition) is 0. The molecule has 4 rings (SSSR count). The minimum Gasteiger partial charge on any atom is -0.289 e. The quantitative estimate of drug-likeness (QED) is 0.693. The Kier molecular flexibility index (Phi) is 4.28. The molecular formula is C17H16F3N5S. The number of hydrogen-bond acceptors (Lipinski definition) is 5. The predicted molar refractivity (Wildman–Crippen MR) is 91.0 cm³/mol. The predicted octanol–water partition coefficient (Wildman–Crippen LogP) is 3.86. The molecule has 3 heterocycles. The second kappa shape index (κ2) is 6.48. The first-order valence-electron chi connectivity index (χ1n) is 8.18. The number of benzene rings is 1. The lowest BCUT2D eigenvalue weighted by atomic mass is 10.0. The number of fused-ring (bicyclic) bond motifs is 1. The summed E-state index contributed by atoms with van der Waals surface area (Å²) in [4.78, 5) is 3.69. The van der Waals surface area contributed by atoms with Crippen LogP contribution in [-0.2, 0) is 19.1 Å². The number of aromatic nitrogens is 4. The molecule has 0 spiro atoms. The van der Waals surface area contributed by atoms with Crippen LogP contribution in [0.4, 0.5) is 13.2 Å². The van der Waals surface area contributed by atoms with Gasteiger partial charge < -0.3 is 0 Å². The first kappa shape index (κ1) is 17.2. The molecule has 2 aromatic heterocycles. The molecule has 3 aromatic rings. The van der Waals surface area contributed by atoms with Gasteiger partial charge in [0.25, 0.3) is 0 Å². The third-order valence-corrected chi connectivity index (χ3v) is 5.72. The van der Waals surface area contributed by atoms with Crippen molar-refractivity contribution in [2.45, 2.75) is 32.1 Å². The third-order valence-electron chi connectivity index (χ3n) is 4.72. The van der Waals surface area contributed by atoms with Gasteiger partial charge in [0.2, 0.25) is 0 Å². The van der Waals surface area contributed by atoms with Gasteiger partial charge in [-0.05, 0) is 65.0 Å². The molecule has 1 aliphatic heterocycles. The van der Waals surface area contributed by atoms with Gasteiger partial charge in [-0.25, -0.2) is 0 Å². The van der Waals surface area contributed by atoms with E-state index < -0.39 is 11.7 Å². The van der Waals surface area contributed by atoms with Crippen molar-refractivity contribution in [1.82, 2.24) is 25.1 Å². The summed E-state index contributed by atoms with van der Waals surface area (Å²) in [5.41, 5.74) is 1.15. The van der Waals surface area contributed by atoms with Crippen LogP contribution in [0.2, 0.25) is 0 Å². The maximum absolute atomic E-state index is 12.7. The van der Waals surface area contributed by atoms with Gasteiger partial charge in [0.1, 0.15) is 0 Å². The van der Waals surface area contributed by atoms with E-state index in [2.05, 4.69) is 38.8 Å². The molecule has 1 aliphatic rings. The summed E-state index contributed by atoms with van der Waals surface area (Å²) in [5, 5.41) is 13.8. The number of tetrazole rings is 1. The lowest BCUT2D eigenvalue weighted by Gasteiger charge is -2.32. The van der Waals surface area contributed by atoms with Crippen molar-refractivity contribution in [2.75, 3.05) is 6.54 Å². The van der Waals surface area contributed by atoms with Gasteiger partial charge in [0.15, 0.2) is 5.82 Å². The van der Waals surface area contributed by atoms with Crippen molar-refractivity contribution in [3.63, 3.8) is 0 Å². The second-order valence-corrected chi connectivity index (χ2v) is 7.25. The van der Waals surface area contributed by atoms with E-state index in [9.17, 15) is 13.2 Å². The molecule has 0 amide bonds. The SMILES string of the molecule is C[C@@H]1c2ccsc2CCN1Cc1nnnn1-c1ccc(C(F)(F)F)cc1. The molecule has 1 aromatic carbocycles. The minimum absolute atomic E-state index is 0.253. The smallest absolute Gasteiger partial charge is 0.289 e. The Morgan fingerprint density at radius 3 is 2.69 bits per heavy atom. The zero-order valence-corrected chi connectivity index (χ0v) is 14.8. The van der Waals surface area contributed by atoms with Crippen LogP contribution in [-0.4, -0.2) is 31.7 Å². The average Bonchev–Trinajstić information content (AvgIpc) is 3.26. The molecule has 136 valence electrons. The Morgan fingerprint density at radius 2 is 1.96 bits per heavy atom. The van der Waals surface area contributed by atoms with Gasteiger partial charge >= 0.3 is 6.18 Å². The van der Waals surface area contributed by atoms with Crippen molar-refractivity contribution >= 4 is 11.3 Å². The second-order valence-electron chi connectivity index (χ2n) is 6.25. The summed E-state index contributed by atoms with van der Waals surface area (Å²) < 4.78 is 39.7. The fourth-order valence-electron chi connectivity index (χ4n) is 3.26. The molecule has 5 nitrogen and oxygen atoms in total. The third kappa shape index (κ3) is 3.12. The highest BCUT2D eigenvalue weighted by molar-refractivity contribution is 7.10. The van der Waals surface area contributed by atoms with Crippen LogP contribution in [0.15, 0.2) is 35.7 Å². The standard InChI is InChI=1S/C17H16F3N5S/c1-11-14-7-9-26-15(14)6-8-24(11)10-16-21-22-23-25(16)13-4-2-12(3-5-13)17(18,19)20/h2-5,7,9,11H,6,8,10H2,1H3/t11-/m1/s1. The van der Waals surface area contributed by atoms with Crippen molar-refractivity contribution in [2.24, 2.45) is 0 Å². The number of nitrogens with zero attached hydrogens (tertiary/aromatic N) is 5. The Labute approximate surface area is 152 Å². The zero-order chi connectivity index (χ0) is 18.3. The van der Waals surface area contributed by atoms with Gasteiger partial charge in [0, 0.05) is 17.5 Å². The maximum atomic E-state index is 12.7. The van der Waals surface area contributed by atoms with E-state index in [1.807, 2.05) is 0 Å². The van der Waals surface area contributed by atoms with E-state index >= 15 is 0 Å². The minimum atomic E-state index is -4.36. The normalized spacial score (nSPS) is 18.1. The van der Waals surface area contributed by atoms with Gasteiger partial charge in [-0.2, -0.15) is 17.9 Å². The fraction of sp³-hybridized carbons (Fsp3) is 0.353. The summed E-state index contributed by atoms with van der Waals surface area (Å²) in [6.45, 7) is 3.58. The van der Waals surface area contributed by atoms with Crippen LogP contribution in [0.3, 0.4) is 0 Å². The molecule has 1 atom stereocenters. The van der Waals surface area contributed by atoms with Crippen LogP contribution in [0.1, 0.15) is 34.8 Å². The molecule has 9 heteroatoms. The Hall–Kier alpha value is -2.26. The summed E-state index contributed by atoms with van der Waals surface area (Å²) in [7, 11) is 0.